The average molecular weight is 330 g/mol. The number of aromatic nitrogens is 1. The van der Waals surface area contributed by atoms with E-state index in [4.69, 9.17) is 4.74 Å². The van der Waals surface area contributed by atoms with E-state index in [0.717, 1.165) is 36.4 Å². The maximum Gasteiger partial charge on any atom is 0.228 e. The van der Waals surface area contributed by atoms with E-state index in [-0.39, 0.29) is 11.3 Å². The lowest BCUT2D eigenvalue weighted by atomic mass is 9.68. The molecule has 1 N–H and O–H groups in total. The van der Waals surface area contributed by atoms with Crippen molar-refractivity contribution < 1.29 is 9.53 Å². The number of hydrogen-bond donors (Lipinski definition) is 1. The first-order valence-corrected chi connectivity index (χ1v) is 8.84. The van der Waals surface area contributed by atoms with Crippen molar-refractivity contribution in [2.75, 3.05) is 13.7 Å². The molecule has 1 aromatic heterocycles. The highest BCUT2D eigenvalue weighted by Crippen LogP contribution is 2.41. The monoisotopic (exact) mass is 330 g/mol. The molecule has 1 saturated carbocycles. The molecule has 0 bridgehead atoms. The van der Waals surface area contributed by atoms with Gasteiger partial charge in [-0.05, 0) is 18.4 Å². The SMILES string of the molecule is COCC1(C(=O)NCc2csc(Cc3ccccc3)n2)CCC1. The molecular formula is C18H22N2O2S. The summed E-state index contributed by atoms with van der Waals surface area (Å²) in [5, 5.41) is 6.14. The van der Waals surface area contributed by atoms with Crippen LogP contribution in [0.15, 0.2) is 35.7 Å². The number of methoxy groups -OCH3 is 1. The summed E-state index contributed by atoms with van der Waals surface area (Å²) in [6.07, 6.45) is 3.79. The van der Waals surface area contributed by atoms with Crippen molar-refractivity contribution in [2.45, 2.75) is 32.2 Å². The predicted molar refractivity (Wildman–Crippen MR) is 91.4 cm³/mol. The van der Waals surface area contributed by atoms with E-state index in [2.05, 4.69) is 22.4 Å². The van der Waals surface area contributed by atoms with Gasteiger partial charge in [-0.2, -0.15) is 0 Å². The number of hydrogen-bond acceptors (Lipinski definition) is 4. The first-order valence-electron chi connectivity index (χ1n) is 7.96. The molecule has 23 heavy (non-hydrogen) atoms. The fourth-order valence-electron chi connectivity index (χ4n) is 2.96. The molecule has 1 fully saturated rings. The van der Waals surface area contributed by atoms with Crippen LogP contribution in [0.3, 0.4) is 0 Å². The maximum atomic E-state index is 12.4. The van der Waals surface area contributed by atoms with Gasteiger partial charge in [-0.15, -0.1) is 11.3 Å². The molecule has 1 aromatic carbocycles. The molecule has 0 saturated heterocycles. The van der Waals surface area contributed by atoms with E-state index in [0.29, 0.717) is 13.2 Å². The smallest absolute Gasteiger partial charge is 0.228 e. The van der Waals surface area contributed by atoms with Gasteiger partial charge in [0.15, 0.2) is 0 Å². The van der Waals surface area contributed by atoms with Gasteiger partial charge in [0.05, 0.1) is 29.3 Å². The minimum Gasteiger partial charge on any atom is -0.384 e. The average Bonchev–Trinajstić information content (AvgIpc) is 2.97. The number of amides is 1. The van der Waals surface area contributed by atoms with Crippen LogP contribution in [0.4, 0.5) is 0 Å². The molecular weight excluding hydrogens is 308 g/mol. The van der Waals surface area contributed by atoms with Crippen LogP contribution >= 0.6 is 11.3 Å². The zero-order valence-electron chi connectivity index (χ0n) is 13.4. The predicted octanol–water partition coefficient (Wildman–Crippen LogP) is 3.17. The molecule has 0 radical (unpaired) electrons. The van der Waals surface area contributed by atoms with Crippen LogP contribution in [0.1, 0.15) is 35.5 Å². The van der Waals surface area contributed by atoms with E-state index in [1.807, 2.05) is 23.6 Å². The minimum absolute atomic E-state index is 0.100. The lowest BCUT2D eigenvalue weighted by Gasteiger charge is -2.39. The van der Waals surface area contributed by atoms with Gasteiger partial charge in [0, 0.05) is 18.9 Å². The van der Waals surface area contributed by atoms with E-state index in [1.54, 1.807) is 18.4 Å². The maximum absolute atomic E-state index is 12.4. The fraction of sp³-hybridized carbons (Fsp3) is 0.444. The summed E-state index contributed by atoms with van der Waals surface area (Å²) in [4.78, 5) is 17.0. The summed E-state index contributed by atoms with van der Waals surface area (Å²) in [6, 6.07) is 10.3. The second-order valence-corrected chi connectivity index (χ2v) is 7.09. The Balaban J connectivity index is 1.54. The van der Waals surface area contributed by atoms with Crippen molar-refractivity contribution in [2.24, 2.45) is 5.41 Å². The van der Waals surface area contributed by atoms with Gasteiger partial charge in [0.2, 0.25) is 5.91 Å². The Morgan fingerprint density at radius 3 is 2.78 bits per heavy atom. The first-order chi connectivity index (χ1) is 11.2. The van der Waals surface area contributed by atoms with Crippen molar-refractivity contribution in [1.82, 2.24) is 10.3 Å². The molecule has 1 aliphatic rings. The number of benzene rings is 1. The molecule has 1 aliphatic carbocycles. The number of nitrogens with zero attached hydrogens (tertiary/aromatic N) is 1. The molecule has 0 unspecified atom stereocenters. The molecule has 2 aromatic rings. The van der Waals surface area contributed by atoms with Crippen LogP contribution in [-0.2, 0) is 22.5 Å². The minimum atomic E-state index is -0.308. The third-order valence-corrected chi connectivity index (χ3v) is 5.34. The summed E-state index contributed by atoms with van der Waals surface area (Å²) in [5.74, 6) is 0.100. The molecule has 5 heteroatoms. The van der Waals surface area contributed by atoms with Crippen LogP contribution in [0, 0.1) is 5.41 Å². The number of thiazole rings is 1. The highest BCUT2D eigenvalue weighted by Gasteiger charge is 2.43. The van der Waals surface area contributed by atoms with Gasteiger partial charge in [-0.25, -0.2) is 4.98 Å². The molecule has 0 aliphatic heterocycles. The van der Waals surface area contributed by atoms with Crippen LogP contribution in [0.25, 0.3) is 0 Å². The Morgan fingerprint density at radius 2 is 2.13 bits per heavy atom. The lowest BCUT2D eigenvalue weighted by molar-refractivity contribution is -0.140. The number of carbonyl (C=O) groups excluding carboxylic acids is 1. The first kappa shape index (κ1) is 16.1. The van der Waals surface area contributed by atoms with Crippen LogP contribution < -0.4 is 5.32 Å². The van der Waals surface area contributed by atoms with Gasteiger partial charge in [0.1, 0.15) is 0 Å². The zero-order valence-corrected chi connectivity index (χ0v) is 14.2. The normalized spacial score (nSPS) is 15.9. The van der Waals surface area contributed by atoms with E-state index in [1.165, 1.54) is 5.56 Å². The van der Waals surface area contributed by atoms with Gasteiger partial charge in [-0.3, -0.25) is 4.79 Å². The van der Waals surface area contributed by atoms with Crippen molar-refractivity contribution >= 4 is 17.2 Å². The molecule has 0 atom stereocenters. The van der Waals surface area contributed by atoms with Crippen LogP contribution in [0.5, 0.6) is 0 Å². The van der Waals surface area contributed by atoms with E-state index >= 15 is 0 Å². The highest BCUT2D eigenvalue weighted by molar-refractivity contribution is 7.09. The molecule has 1 amide bonds. The summed E-state index contributed by atoms with van der Waals surface area (Å²) in [5.41, 5.74) is 1.88. The second kappa shape index (κ2) is 7.23. The second-order valence-electron chi connectivity index (χ2n) is 6.14. The highest BCUT2D eigenvalue weighted by atomic mass is 32.1. The standard InChI is InChI=1S/C18H22N2O2S/c1-22-13-18(8-5-9-18)17(21)19-11-15-12-23-16(20-15)10-14-6-3-2-4-7-14/h2-4,6-7,12H,5,8-11,13H2,1H3,(H,19,21). The Hall–Kier alpha value is -1.72. The summed E-state index contributed by atoms with van der Waals surface area (Å²) >= 11 is 1.65. The number of ether oxygens (including phenoxy) is 1. The third kappa shape index (κ3) is 3.79. The van der Waals surface area contributed by atoms with Crippen molar-refractivity contribution in [3.63, 3.8) is 0 Å². The Labute approximate surface area is 140 Å². The van der Waals surface area contributed by atoms with Crippen LogP contribution in [-0.4, -0.2) is 24.6 Å². The van der Waals surface area contributed by atoms with Crippen molar-refractivity contribution in [3.05, 3.63) is 52.0 Å². The molecule has 4 nitrogen and oxygen atoms in total. The summed E-state index contributed by atoms with van der Waals surface area (Å²) < 4.78 is 5.22. The van der Waals surface area contributed by atoms with Crippen molar-refractivity contribution in [3.8, 4) is 0 Å². The van der Waals surface area contributed by atoms with Crippen molar-refractivity contribution in [1.29, 1.82) is 0 Å². The molecule has 3 rings (SSSR count). The fourth-order valence-corrected chi connectivity index (χ4v) is 3.78. The topological polar surface area (TPSA) is 51.2 Å². The number of carbonyl (C=O) groups is 1. The summed E-state index contributed by atoms with van der Waals surface area (Å²) in [6.45, 7) is 1.00. The Kier molecular flexibility index (Phi) is 5.08. The number of nitrogens with one attached hydrogen (secondary N) is 1. The van der Waals surface area contributed by atoms with E-state index < -0.39 is 0 Å². The van der Waals surface area contributed by atoms with Gasteiger partial charge in [0.25, 0.3) is 0 Å². The van der Waals surface area contributed by atoms with Gasteiger partial charge in [-0.1, -0.05) is 36.8 Å². The Morgan fingerprint density at radius 1 is 1.35 bits per heavy atom. The van der Waals surface area contributed by atoms with E-state index in [9.17, 15) is 4.79 Å². The lowest BCUT2D eigenvalue weighted by Crippen LogP contribution is -2.48. The number of rotatable bonds is 7. The zero-order chi connectivity index (χ0) is 16.1. The Bertz CT molecular complexity index is 650. The molecule has 1 heterocycles. The van der Waals surface area contributed by atoms with Crippen LogP contribution in [0.2, 0.25) is 0 Å². The molecule has 122 valence electrons. The summed E-state index contributed by atoms with van der Waals surface area (Å²) in [7, 11) is 1.66. The third-order valence-electron chi connectivity index (χ3n) is 4.44. The molecule has 0 spiro atoms. The van der Waals surface area contributed by atoms with Gasteiger partial charge >= 0.3 is 0 Å². The largest absolute Gasteiger partial charge is 0.384 e. The van der Waals surface area contributed by atoms with Gasteiger partial charge < -0.3 is 10.1 Å². The quantitative estimate of drug-likeness (QED) is 0.848.